The number of fused-ring (bicyclic) bond motifs is 2. The highest BCUT2D eigenvalue weighted by Gasteiger charge is 2.21. The lowest BCUT2D eigenvalue weighted by Crippen LogP contribution is -2.47. The van der Waals surface area contributed by atoms with Gasteiger partial charge in [-0.1, -0.05) is 12.1 Å². The van der Waals surface area contributed by atoms with Crippen LogP contribution in [0.5, 0.6) is 5.75 Å². The summed E-state index contributed by atoms with van der Waals surface area (Å²) >= 11 is 0. The Morgan fingerprint density at radius 2 is 1.94 bits per heavy atom. The lowest BCUT2D eigenvalue weighted by molar-refractivity contribution is -0.135. The Labute approximate surface area is 200 Å². The average Bonchev–Trinajstić information content (AvgIpc) is 2.87. The SMILES string of the molecule is CCOC(=O)C1=Nc2cc(CCN3CCN(c4cccc5nc(C)ccc45)CC3)ccc2OC1. The number of carbonyl (C=O) groups is 1. The van der Waals surface area contributed by atoms with E-state index in [0.29, 0.717) is 23.8 Å². The Hall–Kier alpha value is -3.45. The Balaban J connectivity index is 1.19. The second kappa shape index (κ2) is 9.81. The summed E-state index contributed by atoms with van der Waals surface area (Å²) in [6.45, 7) is 9.33. The van der Waals surface area contributed by atoms with Crippen LogP contribution < -0.4 is 9.64 Å². The van der Waals surface area contributed by atoms with E-state index in [1.807, 2.05) is 19.1 Å². The van der Waals surface area contributed by atoms with Crippen LogP contribution in [0.1, 0.15) is 18.2 Å². The van der Waals surface area contributed by atoms with Crippen LogP contribution in [0.25, 0.3) is 10.9 Å². The lowest BCUT2D eigenvalue weighted by Gasteiger charge is -2.36. The maximum Gasteiger partial charge on any atom is 0.356 e. The van der Waals surface area contributed by atoms with Gasteiger partial charge in [-0.05, 0) is 62.2 Å². The molecule has 0 radical (unpaired) electrons. The molecule has 5 rings (SSSR count). The molecule has 2 aromatic carbocycles. The lowest BCUT2D eigenvalue weighted by atomic mass is 10.1. The van der Waals surface area contributed by atoms with Crippen molar-refractivity contribution in [2.45, 2.75) is 20.3 Å². The fourth-order valence-electron chi connectivity index (χ4n) is 4.59. The number of piperazine rings is 1. The van der Waals surface area contributed by atoms with Crippen molar-refractivity contribution in [3.63, 3.8) is 0 Å². The average molecular weight is 459 g/mol. The first-order chi connectivity index (χ1) is 16.6. The first kappa shape index (κ1) is 22.3. The molecule has 7 heteroatoms. The molecule has 1 aromatic heterocycles. The predicted molar refractivity (Wildman–Crippen MR) is 135 cm³/mol. The number of hydrogen-bond donors (Lipinski definition) is 0. The van der Waals surface area contributed by atoms with Gasteiger partial charge >= 0.3 is 5.97 Å². The minimum absolute atomic E-state index is 0.155. The van der Waals surface area contributed by atoms with Crippen molar-refractivity contribution in [3.05, 3.63) is 59.8 Å². The Morgan fingerprint density at radius 3 is 2.76 bits per heavy atom. The minimum atomic E-state index is -0.409. The number of esters is 1. The van der Waals surface area contributed by atoms with E-state index >= 15 is 0 Å². The van der Waals surface area contributed by atoms with Gasteiger partial charge in [0, 0.05) is 49.5 Å². The van der Waals surface area contributed by atoms with E-state index in [2.05, 4.69) is 56.2 Å². The first-order valence-electron chi connectivity index (χ1n) is 11.9. The Bertz CT molecular complexity index is 1230. The monoisotopic (exact) mass is 458 g/mol. The molecule has 1 saturated heterocycles. The van der Waals surface area contributed by atoms with Crippen LogP contribution >= 0.6 is 0 Å². The van der Waals surface area contributed by atoms with Crippen LogP contribution in [0, 0.1) is 6.92 Å². The van der Waals surface area contributed by atoms with Crippen molar-refractivity contribution in [3.8, 4) is 5.75 Å². The van der Waals surface area contributed by atoms with Gasteiger partial charge < -0.3 is 14.4 Å². The zero-order valence-electron chi connectivity index (χ0n) is 19.8. The van der Waals surface area contributed by atoms with E-state index in [-0.39, 0.29) is 6.61 Å². The van der Waals surface area contributed by atoms with E-state index in [1.165, 1.54) is 16.6 Å². The zero-order valence-corrected chi connectivity index (χ0v) is 19.8. The summed E-state index contributed by atoms with van der Waals surface area (Å²) in [5.74, 6) is 0.304. The summed E-state index contributed by atoms with van der Waals surface area (Å²) in [7, 11) is 0. The van der Waals surface area contributed by atoms with Gasteiger partial charge in [0.05, 0.1) is 12.1 Å². The molecule has 0 N–H and O–H groups in total. The number of nitrogens with zero attached hydrogens (tertiary/aromatic N) is 4. The van der Waals surface area contributed by atoms with Gasteiger partial charge in [0.25, 0.3) is 0 Å². The molecule has 176 valence electrons. The number of carbonyl (C=O) groups excluding carboxylic acids is 1. The number of aliphatic imine (C=N–C) groups is 1. The maximum atomic E-state index is 12.0. The number of rotatable bonds is 6. The van der Waals surface area contributed by atoms with Crippen molar-refractivity contribution in [1.82, 2.24) is 9.88 Å². The molecule has 0 spiro atoms. The standard InChI is InChI=1S/C27H30N4O3/c1-3-33-27(32)24-18-34-26-10-8-20(17-23(26)29-24)11-12-30-13-15-31(16-14-30)25-6-4-5-22-21(25)9-7-19(2)28-22/h4-10,17H,3,11-16,18H2,1-2H3. The predicted octanol–water partition coefficient (Wildman–Crippen LogP) is 3.94. The van der Waals surface area contributed by atoms with E-state index in [0.717, 1.165) is 50.4 Å². The Kier molecular flexibility index (Phi) is 6.45. The van der Waals surface area contributed by atoms with E-state index in [4.69, 9.17) is 9.47 Å². The molecule has 0 aliphatic carbocycles. The summed E-state index contributed by atoms with van der Waals surface area (Å²) in [5.41, 5.74) is 5.60. The molecule has 1 fully saturated rings. The van der Waals surface area contributed by atoms with Crippen LogP contribution in [0.4, 0.5) is 11.4 Å². The van der Waals surface area contributed by atoms with Crippen LogP contribution in [0.15, 0.2) is 53.5 Å². The van der Waals surface area contributed by atoms with Gasteiger partial charge in [-0.3, -0.25) is 9.88 Å². The van der Waals surface area contributed by atoms with Crippen molar-refractivity contribution in [2.24, 2.45) is 4.99 Å². The van der Waals surface area contributed by atoms with Crippen molar-refractivity contribution in [1.29, 1.82) is 0 Å². The molecule has 2 aliphatic heterocycles. The van der Waals surface area contributed by atoms with Gasteiger partial charge in [-0.2, -0.15) is 0 Å². The second-order valence-electron chi connectivity index (χ2n) is 8.74. The first-order valence-corrected chi connectivity index (χ1v) is 11.9. The van der Waals surface area contributed by atoms with Gasteiger partial charge in [0.2, 0.25) is 0 Å². The summed E-state index contributed by atoms with van der Waals surface area (Å²) in [6, 6.07) is 16.7. The third-order valence-electron chi connectivity index (χ3n) is 6.43. The molecule has 3 heterocycles. The van der Waals surface area contributed by atoms with Crippen LogP contribution in [-0.2, 0) is 16.0 Å². The highest BCUT2D eigenvalue weighted by molar-refractivity contribution is 6.38. The topological polar surface area (TPSA) is 67.3 Å². The quantitative estimate of drug-likeness (QED) is 0.522. The van der Waals surface area contributed by atoms with Gasteiger partial charge in [0.1, 0.15) is 18.0 Å². The highest BCUT2D eigenvalue weighted by Crippen LogP contribution is 2.32. The van der Waals surface area contributed by atoms with E-state index in [1.54, 1.807) is 6.92 Å². The van der Waals surface area contributed by atoms with Gasteiger partial charge in [0.15, 0.2) is 5.71 Å². The molecule has 7 nitrogen and oxygen atoms in total. The van der Waals surface area contributed by atoms with Crippen LogP contribution in [0.2, 0.25) is 0 Å². The van der Waals surface area contributed by atoms with Crippen LogP contribution in [0.3, 0.4) is 0 Å². The summed E-state index contributed by atoms with van der Waals surface area (Å²) in [6.07, 6.45) is 0.926. The third kappa shape index (κ3) is 4.75. The third-order valence-corrected chi connectivity index (χ3v) is 6.43. The number of anilines is 1. The number of aryl methyl sites for hydroxylation is 1. The number of aromatic nitrogens is 1. The van der Waals surface area contributed by atoms with E-state index in [9.17, 15) is 4.79 Å². The minimum Gasteiger partial charge on any atom is -0.485 e. The Morgan fingerprint density at radius 1 is 1.09 bits per heavy atom. The molecule has 2 aliphatic rings. The van der Waals surface area contributed by atoms with E-state index < -0.39 is 5.97 Å². The maximum absolute atomic E-state index is 12.0. The number of ether oxygens (including phenoxy) is 2. The van der Waals surface area contributed by atoms with Gasteiger partial charge in [-0.25, -0.2) is 9.79 Å². The molecule has 0 atom stereocenters. The molecule has 34 heavy (non-hydrogen) atoms. The van der Waals surface area contributed by atoms with Crippen molar-refractivity contribution >= 4 is 34.0 Å². The van der Waals surface area contributed by atoms with Crippen molar-refractivity contribution in [2.75, 3.05) is 50.8 Å². The van der Waals surface area contributed by atoms with Crippen LogP contribution in [-0.4, -0.2) is 67.5 Å². The molecule has 0 unspecified atom stereocenters. The highest BCUT2D eigenvalue weighted by atomic mass is 16.5. The number of hydrogen-bond acceptors (Lipinski definition) is 7. The fourth-order valence-corrected chi connectivity index (χ4v) is 4.59. The molecular weight excluding hydrogens is 428 g/mol. The smallest absolute Gasteiger partial charge is 0.356 e. The molecule has 0 bridgehead atoms. The van der Waals surface area contributed by atoms with Gasteiger partial charge in [-0.15, -0.1) is 0 Å². The largest absolute Gasteiger partial charge is 0.485 e. The fraction of sp³-hybridized carbons (Fsp3) is 0.370. The zero-order chi connectivity index (χ0) is 23.5. The molecule has 0 saturated carbocycles. The molecule has 0 amide bonds. The number of benzene rings is 2. The summed E-state index contributed by atoms with van der Waals surface area (Å²) in [4.78, 5) is 26.1. The number of pyridine rings is 1. The van der Waals surface area contributed by atoms with Crippen molar-refractivity contribution < 1.29 is 14.3 Å². The second-order valence-corrected chi connectivity index (χ2v) is 8.74. The normalized spacial score (nSPS) is 16.1. The summed E-state index contributed by atoms with van der Waals surface area (Å²) < 4.78 is 10.8. The molecule has 3 aromatic rings. The summed E-state index contributed by atoms with van der Waals surface area (Å²) in [5, 5.41) is 1.22. The molecular formula is C27H30N4O3.